The van der Waals surface area contributed by atoms with Crippen LogP contribution in [0, 0.1) is 18.3 Å². The van der Waals surface area contributed by atoms with E-state index in [0.29, 0.717) is 11.6 Å². The molecule has 1 fully saturated rings. The lowest BCUT2D eigenvalue weighted by atomic mass is 10.2. The van der Waals surface area contributed by atoms with Crippen LogP contribution >= 0.6 is 0 Å². The molecule has 1 heterocycles. The maximum Gasteiger partial charge on any atom is 0.142 e. The number of nitriles is 1. The van der Waals surface area contributed by atoms with Crippen LogP contribution in [0.2, 0.25) is 0 Å². The van der Waals surface area contributed by atoms with Crippen molar-refractivity contribution < 1.29 is 0 Å². The standard InChI is InChI=1S/C9H13N5/c1-5-6(4-10)9(14(2)13-5)12-8-3-7(8)11/h7-8,12H,3,11H2,1-2H3. The molecule has 0 aromatic carbocycles. The molecule has 74 valence electrons. The second-order valence-corrected chi connectivity index (χ2v) is 3.69. The number of anilines is 1. The molecule has 14 heavy (non-hydrogen) atoms. The fraction of sp³-hybridized carbons (Fsp3) is 0.556. The second-order valence-electron chi connectivity index (χ2n) is 3.69. The van der Waals surface area contributed by atoms with E-state index in [2.05, 4.69) is 16.5 Å². The molecule has 0 amide bonds. The fourth-order valence-corrected chi connectivity index (χ4v) is 1.51. The van der Waals surface area contributed by atoms with Gasteiger partial charge in [-0.05, 0) is 13.3 Å². The summed E-state index contributed by atoms with van der Waals surface area (Å²) in [6.07, 6.45) is 0.967. The van der Waals surface area contributed by atoms with E-state index in [1.54, 1.807) is 4.68 Å². The molecule has 1 aromatic heterocycles. The van der Waals surface area contributed by atoms with Gasteiger partial charge in [0, 0.05) is 19.1 Å². The summed E-state index contributed by atoms with van der Waals surface area (Å²) >= 11 is 0. The Hall–Kier alpha value is -1.54. The molecule has 0 radical (unpaired) electrons. The molecule has 1 aliphatic carbocycles. The van der Waals surface area contributed by atoms with Gasteiger partial charge in [0.1, 0.15) is 17.5 Å². The van der Waals surface area contributed by atoms with Gasteiger partial charge >= 0.3 is 0 Å². The van der Waals surface area contributed by atoms with Gasteiger partial charge in [0.2, 0.25) is 0 Å². The van der Waals surface area contributed by atoms with Crippen LogP contribution in [0.25, 0.3) is 0 Å². The number of nitrogens with zero attached hydrogens (tertiary/aromatic N) is 3. The van der Waals surface area contributed by atoms with Crippen LogP contribution in [0.15, 0.2) is 0 Å². The van der Waals surface area contributed by atoms with Crippen molar-refractivity contribution in [3.63, 3.8) is 0 Å². The van der Waals surface area contributed by atoms with Crippen LogP contribution in [0.4, 0.5) is 5.82 Å². The monoisotopic (exact) mass is 191 g/mol. The van der Waals surface area contributed by atoms with Crippen molar-refractivity contribution in [2.45, 2.75) is 25.4 Å². The zero-order valence-electron chi connectivity index (χ0n) is 8.28. The Labute approximate surface area is 82.5 Å². The Kier molecular flexibility index (Phi) is 1.93. The molecule has 1 aliphatic rings. The molecular weight excluding hydrogens is 178 g/mol. The predicted octanol–water partition coefficient (Wildman–Crippen LogP) is 0.112. The molecule has 1 saturated carbocycles. The molecule has 1 aromatic rings. The quantitative estimate of drug-likeness (QED) is 0.695. The van der Waals surface area contributed by atoms with Crippen molar-refractivity contribution >= 4 is 5.82 Å². The van der Waals surface area contributed by atoms with E-state index < -0.39 is 0 Å². The first-order valence-corrected chi connectivity index (χ1v) is 4.59. The molecule has 0 spiro atoms. The summed E-state index contributed by atoms with van der Waals surface area (Å²) in [6.45, 7) is 1.83. The normalized spacial score (nSPS) is 24.4. The van der Waals surface area contributed by atoms with Gasteiger partial charge < -0.3 is 11.1 Å². The van der Waals surface area contributed by atoms with Gasteiger partial charge in [-0.15, -0.1) is 0 Å². The number of nitrogens with one attached hydrogen (secondary N) is 1. The topological polar surface area (TPSA) is 79.7 Å². The average molecular weight is 191 g/mol. The van der Waals surface area contributed by atoms with Crippen LogP contribution in [0.3, 0.4) is 0 Å². The third-order valence-corrected chi connectivity index (χ3v) is 2.50. The lowest BCUT2D eigenvalue weighted by Gasteiger charge is -2.04. The van der Waals surface area contributed by atoms with E-state index in [1.165, 1.54) is 0 Å². The fourth-order valence-electron chi connectivity index (χ4n) is 1.51. The SMILES string of the molecule is Cc1nn(C)c(NC2CC2N)c1C#N. The van der Waals surface area contributed by atoms with E-state index in [-0.39, 0.29) is 6.04 Å². The maximum absolute atomic E-state index is 8.94. The third-order valence-electron chi connectivity index (χ3n) is 2.50. The van der Waals surface area contributed by atoms with Crippen LogP contribution in [-0.4, -0.2) is 21.9 Å². The largest absolute Gasteiger partial charge is 0.365 e. The zero-order chi connectivity index (χ0) is 10.3. The van der Waals surface area contributed by atoms with Crippen molar-refractivity contribution in [2.24, 2.45) is 12.8 Å². The van der Waals surface area contributed by atoms with E-state index in [4.69, 9.17) is 11.0 Å². The smallest absolute Gasteiger partial charge is 0.142 e. The van der Waals surface area contributed by atoms with Crippen LogP contribution < -0.4 is 11.1 Å². The lowest BCUT2D eigenvalue weighted by Crippen LogP contribution is -2.15. The Morgan fingerprint density at radius 1 is 1.71 bits per heavy atom. The van der Waals surface area contributed by atoms with Gasteiger partial charge in [0.15, 0.2) is 0 Å². The maximum atomic E-state index is 8.94. The molecular formula is C9H13N5. The number of hydrogen-bond acceptors (Lipinski definition) is 4. The van der Waals surface area contributed by atoms with Gasteiger partial charge in [0.05, 0.1) is 5.69 Å². The zero-order valence-corrected chi connectivity index (χ0v) is 8.28. The summed E-state index contributed by atoms with van der Waals surface area (Å²) < 4.78 is 1.69. The highest BCUT2D eigenvalue weighted by Gasteiger charge is 2.34. The molecule has 2 unspecified atom stereocenters. The highest BCUT2D eigenvalue weighted by molar-refractivity contribution is 5.56. The summed E-state index contributed by atoms with van der Waals surface area (Å²) in [5.74, 6) is 0.781. The molecule has 0 aliphatic heterocycles. The number of hydrogen-bond donors (Lipinski definition) is 2. The van der Waals surface area contributed by atoms with E-state index in [9.17, 15) is 0 Å². The van der Waals surface area contributed by atoms with Crippen molar-refractivity contribution in [1.82, 2.24) is 9.78 Å². The van der Waals surface area contributed by atoms with E-state index in [0.717, 1.165) is 17.9 Å². The highest BCUT2D eigenvalue weighted by Crippen LogP contribution is 2.26. The summed E-state index contributed by atoms with van der Waals surface area (Å²) in [5.41, 5.74) is 7.06. The molecule has 0 saturated heterocycles. The van der Waals surface area contributed by atoms with Crippen molar-refractivity contribution in [1.29, 1.82) is 5.26 Å². The lowest BCUT2D eigenvalue weighted by molar-refractivity contribution is 0.756. The molecule has 3 N–H and O–H groups in total. The van der Waals surface area contributed by atoms with E-state index >= 15 is 0 Å². The molecule has 5 heteroatoms. The number of rotatable bonds is 2. The Morgan fingerprint density at radius 3 is 2.86 bits per heavy atom. The summed E-state index contributed by atoms with van der Waals surface area (Å²) in [5, 5.41) is 16.3. The molecule has 0 bridgehead atoms. The first kappa shape index (κ1) is 9.03. The minimum Gasteiger partial charge on any atom is -0.365 e. The highest BCUT2D eigenvalue weighted by atomic mass is 15.3. The Balaban J connectivity index is 2.27. The second kappa shape index (κ2) is 3.00. The first-order chi connectivity index (χ1) is 6.63. The first-order valence-electron chi connectivity index (χ1n) is 4.59. The van der Waals surface area contributed by atoms with E-state index in [1.807, 2.05) is 14.0 Å². The predicted molar refractivity (Wildman–Crippen MR) is 52.7 cm³/mol. The van der Waals surface area contributed by atoms with Gasteiger partial charge in [-0.1, -0.05) is 0 Å². The number of aromatic nitrogens is 2. The molecule has 2 atom stereocenters. The van der Waals surface area contributed by atoms with Crippen molar-refractivity contribution in [3.8, 4) is 6.07 Å². The molecule has 2 rings (SSSR count). The van der Waals surface area contributed by atoms with Crippen LogP contribution in [-0.2, 0) is 7.05 Å². The van der Waals surface area contributed by atoms with Gasteiger partial charge in [-0.2, -0.15) is 10.4 Å². The van der Waals surface area contributed by atoms with Crippen LogP contribution in [0.5, 0.6) is 0 Å². The minimum atomic E-state index is 0.219. The minimum absolute atomic E-state index is 0.219. The van der Waals surface area contributed by atoms with Crippen molar-refractivity contribution in [2.75, 3.05) is 5.32 Å². The summed E-state index contributed by atoms with van der Waals surface area (Å²) in [6, 6.07) is 2.67. The van der Waals surface area contributed by atoms with Gasteiger partial charge in [0.25, 0.3) is 0 Å². The Morgan fingerprint density at radius 2 is 2.36 bits per heavy atom. The number of aryl methyl sites for hydroxylation is 2. The Bertz CT molecular complexity index is 400. The van der Waals surface area contributed by atoms with Gasteiger partial charge in [-0.3, -0.25) is 4.68 Å². The average Bonchev–Trinajstić information content (AvgIpc) is 2.73. The summed E-state index contributed by atoms with van der Waals surface area (Å²) in [4.78, 5) is 0. The molecule has 5 nitrogen and oxygen atoms in total. The van der Waals surface area contributed by atoms with Crippen LogP contribution in [0.1, 0.15) is 17.7 Å². The number of nitrogens with two attached hydrogens (primary N) is 1. The summed E-state index contributed by atoms with van der Waals surface area (Å²) in [7, 11) is 1.82. The van der Waals surface area contributed by atoms with Gasteiger partial charge in [-0.25, -0.2) is 0 Å². The van der Waals surface area contributed by atoms with Crippen molar-refractivity contribution in [3.05, 3.63) is 11.3 Å². The third kappa shape index (κ3) is 1.34.